The second-order valence-electron chi connectivity index (χ2n) is 6.65. The third-order valence-electron chi connectivity index (χ3n) is 5.02. The topological polar surface area (TPSA) is 58.8 Å². The lowest BCUT2D eigenvalue weighted by molar-refractivity contribution is 0.0782. The van der Waals surface area contributed by atoms with Crippen molar-refractivity contribution in [3.63, 3.8) is 0 Å². The highest BCUT2D eigenvalue weighted by molar-refractivity contribution is 8.00. The lowest BCUT2D eigenvalue weighted by Crippen LogP contribution is -2.48. The first-order valence-electron chi connectivity index (χ1n) is 9.30. The monoisotopic (exact) mass is 375 g/mol. The molecule has 1 aliphatic rings. The van der Waals surface area contributed by atoms with Gasteiger partial charge in [-0.25, -0.2) is 0 Å². The Labute approximate surface area is 160 Å². The number of nitrogens with zero attached hydrogens (tertiary/aromatic N) is 1. The number of benzene rings is 1. The van der Waals surface area contributed by atoms with Crippen LogP contribution in [0.1, 0.15) is 31.1 Å². The number of nitrogens with one attached hydrogen (secondary N) is 2. The first-order chi connectivity index (χ1) is 12.7. The SMILES string of the molecule is CCSC1(CNC(=NC)NCc2oc3ccccc3c2C)CCOCC1. The number of fused-ring (bicyclic) bond motifs is 1. The van der Waals surface area contributed by atoms with E-state index in [1.807, 2.05) is 37.0 Å². The van der Waals surface area contributed by atoms with Gasteiger partial charge in [-0.1, -0.05) is 25.1 Å². The van der Waals surface area contributed by atoms with Crippen molar-refractivity contribution in [2.24, 2.45) is 4.99 Å². The van der Waals surface area contributed by atoms with Gasteiger partial charge >= 0.3 is 0 Å². The molecular weight excluding hydrogens is 346 g/mol. The van der Waals surface area contributed by atoms with Crippen molar-refractivity contribution in [3.05, 3.63) is 35.6 Å². The Bertz CT molecular complexity index is 745. The quantitative estimate of drug-likeness (QED) is 0.595. The van der Waals surface area contributed by atoms with Crippen molar-refractivity contribution < 1.29 is 9.15 Å². The number of guanidine groups is 1. The van der Waals surface area contributed by atoms with Gasteiger partial charge in [0.05, 0.1) is 6.54 Å². The molecule has 6 heteroatoms. The Balaban J connectivity index is 1.59. The number of aliphatic imine (C=N–C) groups is 1. The minimum absolute atomic E-state index is 0.236. The maximum atomic E-state index is 5.98. The van der Waals surface area contributed by atoms with Crippen molar-refractivity contribution in [2.45, 2.75) is 38.0 Å². The zero-order chi connectivity index (χ0) is 18.4. The highest BCUT2D eigenvalue weighted by Crippen LogP contribution is 2.34. The minimum atomic E-state index is 0.236. The Morgan fingerprint density at radius 2 is 2.00 bits per heavy atom. The van der Waals surface area contributed by atoms with E-state index in [4.69, 9.17) is 9.15 Å². The highest BCUT2D eigenvalue weighted by Gasteiger charge is 2.32. The van der Waals surface area contributed by atoms with Gasteiger partial charge in [-0.3, -0.25) is 4.99 Å². The van der Waals surface area contributed by atoms with Gasteiger partial charge in [0.1, 0.15) is 11.3 Å². The second kappa shape index (κ2) is 8.82. The molecule has 0 spiro atoms. The van der Waals surface area contributed by atoms with Gasteiger partial charge < -0.3 is 19.8 Å². The van der Waals surface area contributed by atoms with Crippen LogP contribution in [0.15, 0.2) is 33.7 Å². The van der Waals surface area contributed by atoms with Gasteiger partial charge in [0.25, 0.3) is 0 Å². The molecule has 26 heavy (non-hydrogen) atoms. The minimum Gasteiger partial charge on any atom is -0.459 e. The van der Waals surface area contributed by atoms with Crippen molar-refractivity contribution in [3.8, 4) is 0 Å². The van der Waals surface area contributed by atoms with Crippen LogP contribution in [0, 0.1) is 6.92 Å². The van der Waals surface area contributed by atoms with Crippen molar-refractivity contribution in [2.75, 3.05) is 32.6 Å². The van der Waals surface area contributed by atoms with Gasteiger partial charge in [-0.05, 0) is 31.6 Å². The molecule has 5 nitrogen and oxygen atoms in total. The first kappa shape index (κ1) is 19.1. The molecule has 1 fully saturated rings. The van der Waals surface area contributed by atoms with E-state index in [9.17, 15) is 0 Å². The summed E-state index contributed by atoms with van der Waals surface area (Å²) < 4.78 is 11.8. The van der Waals surface area contributed by atoms with Crippen LogP contribution < -0.4 is 10.6 Å². The number of rotatable bonds is 6. The van der Waals surface area contributed by atoms with E-state index >= 15 is 0 Å². The molecule has 0 amide bonds. The molecule has 0 saturated carbocycles. The summed E-state index contributed by atoms with van der Waals surface area (Å²) in [5.74, 6) is 2.89. The fourth-order valence-corrected chi connectivity index (χ4v) is 4.69. The molecular formula is C20H29N3O2S. The molecule has 2 aromatic rings. The van der Waals surface area contributed by atoms with Gasteiger partial charge in [0, 0.05) is 42.5 Å². The summed E-state index contributed by atoms with van der Waals surface area (Å²) in [5.41, 5.74) is 2.12. The Morgan fingerprint density at radius 3 is 2.69 bits per heavy atom. The molecule has 1 aromatic carbocycles. The highest BCUT2D eigenvalue weighted by atomic mass is 32.2. The van der Waals surface area contributed by atoms with Crippen LogP contribution in [0.4, 0.5) is 0 Å². The number of ether oxygens (including phenoxy) is 1. The summed E-state index contributed by atoms with van der Waals surface area (Å²) in [6, 6.07) is 8.15. The van der Waals surface area contributed by atoms with E-state index in [0.717, 1.165) is 55.7 Å². The van der Waals surface area contributed by atoms with Crippen LogP contribution in [-0.4, -0.2) is 43.3 Å². The van der Waals surface area contributed by atoms with Crippen molar-refractivity contribution in [1.29, 1.82) is 0 Å². The molecule has 0 atom stereocenters. The third-order valence-corrected chi connectivity index (χ3v) is 6.47. The third kappa shape index (κ3) is 4.35. The van der Waals surface area contributed by atoms with Gasteiger partial charge in [0.2, 0.25) is 0 Å². The van der Waals surface area contributed by atoms with Crippen LogP contribution in [-0.2, 0) is 11.3 Å². The number of furan rings is 1. The zero-order valence-electron chi connectivity index (χ0n) is 15.9. The lowest BCUT2D eigenvalue weighted by Gasteiger charge is -2.37. The average Bonchev–Trinajstić information content (AvgIpc) is 2.99. The molecule has 0 bridgehead atoms. The molecule has 0 radical (unpaired) electrons. The zero-order valence-corrected chi connectivity index (χ0v) is 16.7. The smallest absolute Gasteiger partial charge is 0.191 e. The van der Waals surface area contributed by atoms with Crippen LogP contribution in [0.3, 0.4) is 0 Å². The van der Waals surface area contributed by atoms with E-state index in [1.165, 1.54) is 10.9 Å². The summed E-state index contributed by atoms with van der Waals surface area (Å²) in [6.45, 7) is 7.54. The Hall–Kier alpha value is -1.66. The Morgan fingerprint density at radius 1 is 1.23 bits per heavy atom. The fraction of sp³-hybridized carbons (Fsp3) is 0.550. The first-order valence-corrected chi connectivity index (χ1v) is 10.3. The molecule has 3 rings (SSSR count). The predicted molar refractivity (Wildman–Crippen MR) is 110 cm³/mol. The largest absolute Gasteiger partial charge is 0.459 e. The van der Waals surface area contributed by atoms with Crippen molar-refractivity contribution in [1.82, 2.24) is 10.6 Å². The average molecular weight is 376 g/mol. The standard InChI is InChI=1S/C20H29N3O2S/c1-4-26-20(9-11-24-12-10-20)14-23-19(21-3)22-13-18-15(2)16-7-5-6-8-17(16)25-18/h5-8H,4,9-14H2,1-3H3,(H2,21,22,23). The van der Waals surface area contributed by atoms with Crippen LogP contribution in [0.5, 0.6) is 0 Å². The van der Waals surface area contributed by atoms with Crippen molar-refractivity contribution >= 4 is 28.7 Å². The fourth-order valence-electron chi connectivity index (χ4n) is 3.44. The maximum absolute atomic E-state index is 5.98. The molecule has 1 saturated heterocycles. The number of thioether (sulfide) groups is 1. The summed E-state index contributed by atoms with van der Waals surface area (Å²) in [5, 5.41) is 8.07. The predicted octanol–water partition coefficient (Wildman–Crippen LogP) is 3.71. The number of para-hydroxylation sites is 1. The van der Waals surface area contributed by atoms with E-state index in [1.54, 1.807) is 0 Å². The van der Waals surface area contributed by atoms with E-state index < -0.39 is 0 Å². The van der Waals surface area contributed by atoms with Crippen LogP contribution in [0.25, 0.3) is 11.0 Å². The number of hydrogen-bond acceptors (Lipinski definition) is 4. The van der Waals surface area contributed by atoms with Gasteiger partial charge in [-0.2, -0.15) is 11.8 Å². The van der Waals surface area contributed by atoms with E-state index in [0.29, 0.717) is 6.54 Å². The molecule has 0 aliphatic carbocycles. The molecule has 0 unspecified atom stereocenters. The summed E-state index contributed by atoms with van der Waals surface area (Å²) in [7, 11) is 1.81. The maximum Gasteiger partial charge on any atom is 0.191 e. The second-order valence-corrected chi connectivity index (χ2v) is 8.39. The van der Waals surface area contributed by atoms with Gasteiger partial charge in [-0.15, -0.1) is 0 Å². The number of aryl methyl sites for hydroxylation is 1. The summed E-state index contributed by atoms with van der Waals surface area (Å²) in [6.07, 6.45) is 2.16. The normalized spacial score (nSPS) is 17.4. The number of hydrogen-bond donors (Lipinski definition) is 2. The molecule has 1 aliphatic heterocycles. The lowest BCUT2D eigenvalue weighted by atomic mass is 9.99. The molecule has 1 aromatic heterocycles. The van der Waals surface area contributed by atoms with Crippen LogP contribution in [0.2, 0.25) is 0 Å². The van der Waals surface area contributed by atoms with E-state index in [-0.39, 0.29) is 4.75 Å². The van der Waals surface area contributed by atoms with Crippen LogP contribution >= 0.6 is 11.8 Å². The Kier molecular flexibility index (Phi) is 6.48. The molecule has 2 heterocycles. The molecule has 142 valence electrons. The van der Waals surface area contributed by atoms with Gasteiger partial charge in [0.15, 0.2) is 5.96 Å². The molecule has 2 N–H and O–H groups in total. The summed E-state index contributed by atoms with van der Waals surface area (Å²) >= 11 is 2.03. The van der Waals surface area contributed by atoms with E-state index in [2.05, 4.69) is 35.5 Å². The summed E-state index contributed by atoms with van der Waals surface area (Å²) in [4.78, 5) is 4.37.